The second-order valence-electron chi connectivity index (χ2n) is 8.49. The molecule has 0 saturated carbocycles. The van der Waals surface area contributed by atoms with Crippen LogP contribution in [0.3, 0.4) is 0 Å². The number of nitrogens with one attached hydrogen (secondary N) is 1. The molecule has 1 heterocycles. The normalized spacial score (nSPS) is 11.6. The molecule has 0 unspecified atom stereocenters. The highest BCUT2D eigenvalue weighted by molar-refractivity contribution is 7.04. The fourth-order valence-electron chi connectivity index (χ4n) is 4.12. The molecule has 0 radical (unpaired) electrons. The van der Waals surface area contributed by atoms with Gasteiger partial charge in [0.15, 0.2) is 11.5 Å². The van der Waals surface area contributed by atoms with Gasteiger partial charge in [0.05, 0.1) is 38.8 Å². The molecule has 4 N–H and O–H groups in total. The third-order valence-electron chi connectivity index (χ3n) is 6.00. The predicted molar refractivity (Wildman–Crippen MR) is 146 cm³/mol. The summed E-state index contributed by atoms with van der Waals surface area (Å²) >= 11 is 1.34. The van der Waals surface area contributed by atoms with Crippen LogP contribution in [0.25, 0.3) is 22.4 Å². The maximum atomic E-state index is 12.9. The fraction of sp³-hybridized carbons (Fsp3) is 0.214. The molecule has 8 nitrogen and oxygen atoms in total. The quantitative estimate of drug-likeness (QED) is 0.284. The van der Waals surface area contributed by atoms with Crippen molar-refractivity contribution in [3.05, 3.63) is 71.1 Å². The molecule has 1 amide bonds. The molecule has 4 aromatic rings. The summed E-state index contributed by atoms with van der Waals surface area (Å²) < 4.78 is 21.1. The molecule has 0 spiro atoms. The molecule has 1 aromatic heterocycles. The van der Waals surface area contributed by atoms with Crippen LogP contribution in [0.1, 0.15) is 11.1 Å². The van der Waals surface area contributed by atoms with Crippen molar-refractivity contribution in [3.8, 4) is 45.4 Å². The number of nitrogens with zero attached hydrogens (tertiary/aromatic N) is 1. The third kappa shape index (κ3) is 5.68. The number of rotatable bonds is 9. The number of phenolic OH excluding ortho intramolecular Hbond substituents is 1. The van der Waals surface area contributed by atoms with E-state index in [2.05, 4.69) is 9.69 Å². The van der Waals surface area contributed by atoms with E-state index in [9.17, 15) is 9.90 Å². The number of carbonyl (C=O) groups is 1. The lowest BCUT2D eigenvalue weighted by atomic mass is 9.99. The van der Waals surface area contributed by atoms with E-state index in [1.54, 1.807) is 51.7 Å². The summed E-state index contributed by atoms with van der Waals surface area (Å²) in [5, 5.41) is 14.3. The maximum absolute atomic E-state index is 12.9. The molecule has 37 heavy (non-hydrogen) atoms. The minimum Gasteiger partial charge on any atom is -0.508 e. The molecule has 0 aliphatic carbocycles. The summed E-state index contributed by atoms with van der Waals surface area (Å²) in [5.41, 5.74) is 11.9. The average Bonchev–Trinajstić information content (AvgIpc) is 3.39. The van der Waals surface area contributed by atoms with E-state index in [4.69, 9.17) is 19.9 Å². The van der Waals surface area contributed by atoms with Crippen LogP contribution in [0.2, 0.25) is 0 Å². The van der Waals surface area contributed by atoms with Gasteiger partial charge in [-0.1, -0.05) is 18.2 Å². The molecule has 3 aromatic carbocycles. The Bertz CT molecular complexity index is 1400. The van der Waals surface area contributed by atoms with E-state index in [1.807, 2.05) is 36.6 Å². The molecule has 0 fully saturated rings. The van der Waals surface area contributed by atoms with Gasteiger partial charge < -0.3 is 30.4 Å². The molecule has 1 atom stereocenters. The molecular formula is C28H29N3O5S. The summed E-state index contributed by atoms with van der Waals surface area (Å²) in [6.07, 6.45) is 0.325. The highest BCUT2D eigenvalue weighted by Crippen LogP contribution is 2.41. The third-order valence-corrected chi connectivity index (χ3v) is 6.63. The highest BCUT2D eigenvalue weighted by Gasteiger charge is 2.19. The lowest BCUT2D eigenvalue weighted by Gasteiger charge is -2.16. The van der Waals surface area contributed by atoms with Crippen molar-refractivity contribution in [1.29, 1.82) is 0 Å². The van der Waals surface area contributed by atoms with Crippen LogP contribution in [0.5, 0.6) is 23.0 Å². The second kappa shape index (κ2) is 11.3. The molecule has 192 valence electrons. The Labute approximate surface area is 219 Å². The van der Waals surface area contributed by atoms with E-state index >= 15 is 0 Å². The van der Waals surface area contributed by atoms with Crippen molar-refractivity contribution in [3.63, 3.8) is 0 Å². The standard InChI is InChI=1S/C28H29N3O5S/c1-16-11-19(14-25(35-3)27(16)36-4)26-21(15-37-31-26)18-7-10-24(34-2)23(13-18)30-28(33)22(29)12-17-5-8-20(32)9-6-17/h5-11,13-15,22,32H,12,29H2,1-4H3,(H,30,33)/t22-/m1/s1. The zero-order valence-corrected chi connectivity index (χ0v) is 21.9. The first-order chi connectivity index (χ1) is 17.8. The van der Waals surface area contributed by atoms with Crippen LogP contribution in [0.4, 0.5) is 5.69 Å². The largest absolute Gasteiger partial charge is 0.508 e. The zero-order chi connectivity index (χ0) is 26.5. The molecule has 0 aliphatic rings. The van der Waals surface area contributed by atoms with Crippen molar-refractivity contribution >= 4 is 23.1 Å². The summed E-state index contributed by atoms with van der Waals surface area (Å²) in [6.45, 7) is 1.96. The molecule has 4 rings (SSSR count). The number of methoxy groups -OCH3 is 3. The van der Waals surface area contributed by atoms with Crippen LogP contribution < -0.4 is 25.3 Å². The predicted octanol–water partition coefficient (Wildman–Crippen LogP) is 5.03. The summed E-state index contributed by atoms with van der Waals surface area (Å²) in [6, 6.07) is 15.3. The zero-order valence-electron chi connectivity index (χ0n) is 21.1. The van der Waals surface area contributed by atoms with Gasteiger partial charge >= 0.3 is 0 Å². The van der Waals surface area contributed by atoms with Gasteiger partial charge in [0.1, 0.15) is 11.5 Å². The van der Waals surface area contributed by atoms with E-state index in [0.29, 0.717) is 29.4 Å². The minimum absolute atomic E-state index is 0.161. The Morgan fingerprint density at radius 1 is 1.00 bits per heavy atom. The number of aryl methyl sites for hydroxylation is 1. The number of hydrogen-bond acceptors (Lipinski definition) is 8. The Hall–Kier alpha value is -4.08. The smallest absolute Gasteiger partial charge is 0.241 e. The average molecular weight is 520 g/mol. The fourth-order valence-corrected chi connectivity index (χ4v) is 4.83. The SMILES string of the molecule is COc1ccc(-c2csnc2-c2cc(C)c(OC)c(OC)c2)cc1NC(=O)[C@H](N)Cc1ccc(O)cc1. The lowest BCUT2D eigenvalue weighted by Crippen LogP contribution is -2.37. The van der Waals surface area contributed by atoms with Gasteiger partial charge in [-0.25, -0.2) is 0 Å². The Morgan fingerprint density at radius 3 is 2.41 bits per heavy atom. The van der Waals surface area contributed by atoms with E-state index in [0.717, 1.165) is 33.5 Å². The summed E-state index contributed by atoms with van der Waals surface area (Å²) in [7, 11) is 4.77. The van der Waals surface area contributed by atoms with Gasteiger partial charge in [0.25, 0.3) is 0 Å². The molecule has 0 saturated heterocycles. The topological polar surface area (TPSA) is 116 Å². The van der Waals surface area contributed by atoms with Gasteiger partial charge in [-0.3, -0.25) is 4.79 Å². The summed E-state index contributed by atoms with van der Waals surface area (Å²) in [5.74, 6) is 1.64. The molecule has 0 aliphatic heterocycles. The number of aromatic hydroxyl groups is 1. The van der Waals surface area contributed by atoms with Crippen LogP contribution in [0.15, 0.2) is 60.0 Å². The number of carbonyl (C=O) groups excluding carboxylic acids is 1. The Morgan fingerprint density at radius 2 is 1.73 bits per heavy atom. The molecule has 0 bridgehead atoms. The van der Waals surface area contributed by atoms with Crippen molar-refractivity contribution in [1.82, 2.24) is 4.37 Å². The van der Waals surface area contributed by atoms with Crippen LogP contribution in [0, 0.1) is 6.92 Å². The van der Waals surface area contributed by atoms with Crippen LogP contribution in [-0.2, 0) is 11.2 Å². The van der Waals surface area contributed by atoms with Gasteiger partial charge in [0, 0.05) is 16.5 Å². The van der Waals surface area contributed by atoms with Gasteiger partial charge in [-0.2, -0.15) is 4.37 Å². The van der Waals surface area contributed by atoms with E-state index in [-0.39, 0.29) is 11.7 Å². The molecular weight excluding hydrogens is 490 g/mol. The van der Waals surface area contributed by atoms with Crippen molar-refractivity contribution in [2.45, 2.75) is 19.4 Å². The Balaban J connectivity index is 1.63. The Kier molecular flexibility index (Phi) is 7.95. The first kappa shape index (κ1) is 26.0. The van der Waals surface area contributed by atoms with Crippen molar-refractivity contribution < 1.29 is 24.1 Å². The lowest BCUT2D eigenvalue weighted by molar-refractivity contribution is -0.117. The second-order valence-corrected chi connectivity index (χ2v) is 9.12. The number of amides is 1. The van der Waals surface area contributed by atoms with Gasteiger partial charge in [-0.05, 0) is 78.0 Å². The van der Waals surface area contributed by atoms with Gasteiger partial charge in [-0.15, -0.1) is 0 Å². The van der Waals surface area contributed by atoms with Crippen LogP contribution >= 0.6 is 11.5 Å². The number of phenols is 1. The number of nitrogens with two attached hydrogens (primary N) is 1. The number of benzene rings is 3. The minimum atomic E-state index is -0.786. The van der Waals surface area contributed by atoms with E-state index in [1.165, 1.54) is 11.5 Å². The first-order valence-electron chi connectivity index (χ1n) is 11.5. The van der Waals surface area contributed by atoms with Crippen LogP contribution in [-0.4, -0.2) is 42.8 Å². The first-order valence-corrected chi connectivity index (χ1v) is 12.4. The number of hydrogen-bond donors (Lipinski definition) is 3. The summed E-state index contributed by atoms with van der Waals surface area (Å²) in [4.78, 5) is 12.9. The molecule has 9 heteroatoms. The van der Waals surface area contributed by atoms with E-state index < -0.39 is 6.04 Å². The maximum Gasteiger partial charge on any atom is 0.241 e. The highest BCUT2D eigenvalue weighted by atomic mass is 32.1. The number of ether oxygens (including phenoxy) is 3. The van der Waals surface area contributed by atoms with Gasteiger partial charge in [0.2, 0.25) is 5.91 Å². The number of anilines is 1. The van der Waals surface area contributed by atoms with Crippen molar-refractivity contribution in [2.75, 3.05) is 26.6 Å². The monoisotopic (exact) mass is 519 g/mol. The van der Waals surface area contributed by atoms with Crippen molar-refractivity contribution in [2.24, 2.45) is 5.73 Å². The number of aromatic nitrogens is 1.